The number of sulfone groups is 1. The minimum atomic E-state index is -3.62. The summed E-state index contributed by atoms with van der Waals surface area (Å²) in [6.07, 6.45) is 1.80. The average molecular weight is 349 g/mol. The first-order valence-electron chi connectivity index (χ1n) is 7.23. The largest absolute Gasteiger partial charge is 0.366 e. The van der Waals surface area contributed by atoms with Crippen molar-refractivity contribution >= 4 is 9.84 Å². The second-order valence-electron chi connectivity index (χ2n) is 5.70. The predicted octanol–water partition coefficient (Wildman–Crippen LogP) is 0.545. The molecule has 130 valence electrons. The van der Waals surface area contributed by atoms with Gasteiger partial charge in [0.15, 0.2) is 9.84 Å². The zero-order valence-corrected chi connectivity index (χ0v) is 13.9. The van der Waals surface area contributed by atoms with E-state index in [9.17, 15) is 17.2 Å². The maximum atomic E-state index is 14.0. The lowest BCUT2D eigenvalue weighted by molar-refractivity contribution is -0.148. The van der Waals surface area contributed by atoms with Crippen LogP contribution in [-0.2, 0) is 20.2 Å². The summed E-state index contributed by atoms with van der Waals surface area (Å²) in [6.45, 7) is 0.222. The minimum absolute atomic E-state index is 0.0329. The van der Waals surface area contributed by atoms with Gasteiger partial charge < -0.3 is 15.4 Å². The molecule has 0 bridgehead atoms. The quantitative estimate of drug-likeness (QED) is 0.730. The van der Waals surface area contributed by atoms with E-state index >= 15 is 0 Å². The molecule has 0 radical (unpaired) electrons. The monoisotopic (exact) mass is 349 g/mol. The van der Waals surface area contributed by atoms with Crippen LogP contribution in [0.4, 0.5) is 8.78 Å². The van der Waals surface area contributed by atoms with Gasteiger partial charge in [-0.2, -0.15) is 0 Å². The SMILES string of the molecule is CNCCOC1(c2ncccc2S(C)(=O)=O)CNCC(F)(F)C1. The first kappa shape index (κ1) is 18.2. The van der Waals surface area contributed by atoms with Crippen molar-refractivity contribution < 1.29 is 21.9 Å². The first-order valence-corrected chi connectivity index (χ1v) is 9.12. The molecule has 1 aliphatic heterocycles. The molecule has 1 unspecified atom stereocenters. The molecule has 0 aromatic carbocycles. The number of nitrogens with one attached hydrogen (secondary N) is 2. The van der Waals surface area contributed by atoms with Gasteiger partial charge in [-0.1, -0.05) is 0 Å². The summed E-state index contributed by atoms with van der Waals surface area (Å²) in [7, 11) is -1.90. The smallest absolute Gasteiger partial charge is 0.263 e. The molecule has 1 atom stereocenters. The van der Waals surface area contributed by atoms with E-state index in [0.29, 0.717) is 6.54 Å². The molecule has 0 spiro atoms. The summed E-state index contributed by atoms with van der Waals surface area (Å²) in [5.41, 5.74) is -1.45. The number of piperidine rings is 1. The average Bonchev–Trinajstić information content (AvgIpc) is 2.46. The third-order valence-electron chi connectivity index (χ3n) is 3.67. The molecule has 0 saturated carbocycles. The Morgan fingerprint density at radius 3 is 2.78 bits per heavy atom. The number of hydrogen-bond donors (Lipinski definition) is 2. The number of aromatic nitrogens is 1. The van der Waals surface area contributed by atoms with Crippen molar-refractivity contribution in [1.82, 2.24) is 15.6 Å². The van der Waals surface area contributed by atoms with Crippen molar-refractivity contribution in [3.8, 4) is 0 Å². The highest BCUT2D eigenvalue weighted by Gasteiger charge is 2.50. The second kappa shape index (κ2) is 6.76. The molecule has 1 aromatic rings. The second-order valence-corrected chi connectivity index (χ2v) is 7.69. The van der Waals surface area contributed by atoms with Crippen LogP contribution in [0.1, 0.15) is 12.1 Å². The number of alkyl halides is 2. The zero-order valence-electron chi connectivity index (χ0n) is 13.1. The lowest BCUT2D eigenvalue weighted by Crippen LogP contribution is -2.55. The van der Waals surface area contributed by atoms with E-state index in [4.69, 9.17) is 4.74 Å². The van der Waals surface area contributed by atoms with Crippen molar-refractivity contribution in [2.45, 2.75) is 22.8 Å². The van der Waals surface area contributed by atoms with Gasteiger partial charge in [-0.05, 0) is 19.2 Å². The molecule has 1 aliphatic rings. The summed E-state index contributed by atoms with van der Waals surface area (Å²) in [5.74, 6) is -3.01. The normalized spacial score (nSPS) is 24.5. The van der Waals surface area contributed by atoms with Gasteiger partial charge in [-0.3, -0.25) is 4.98 Å². The Hall–Kier alpha value is -1.16. The van der Waals surface area contributed by atoms with Crippen molar-refractivity contribution in [3.05, 3.63) is 24.0 Å². The predicted molar refractivity (Wildman–Crippen MR) is 81.3 cm³/mol. The fourth-order valence-corrected chi connectivity index (χ4v) is 3.62. The molecular weight excluding hydrogens is 328 g/mol. The zero-order chi connectivity index (χ0) is 17.1. The molecule has 23 heavy (non-hydrogen) atoms. The Morgan fingerprint density at radius 2 is 2.17 bits per heavy atom. The van der Waals surface area contributed by atoms with Gasteiger partial charge in [-0.15, -0.1) is 0 Å². The Bertz CT molecular complexity index is 654. The molecule has 2 heterocycles. The molecule has 2 rings (SSSR count). The minimum Gasteiger partial charge on any atom is -0.366 e. The summed E-state index contributed by atoms with van der Waals surface area (Å²) < 4.78 is 57.7. The third-order valence-corrected chi connectivity index (χ3v) is 4.80. The number of ether oxygens (including phenoxy) is 1. The van der Waals surface area contributed by atoms with Crippen LogP contribution in [0.15, 0.2) is 23.2 Å². The van der Waals surface area contributed by atoms with Gasteiger partial charge in [-0.25, -0.2) is 17.2 Å². The Kier molecular flexibility index (Phi) is 5.34. The van der Waals surface area contributed by atoms with Gasteiger partial charge in [0.1, 0.15) is 5.60 Å². The maximum Gasteiger partial charge on any atom is 0.263 e. The van der Waals surface area contributed by atoms with Crippen molar-refractivity contribution in [2.75, 3.05) is 39.5 Å². The van der Waals surface area contributed by atoms with E-state index in [0.717, 1.165) is 6.26 Å². The highest BCUT2D eigenvalue weighted by Crippen LogP contribution is 2.40. The van der Waals surface area contributed by atoms with Crippen LogP contribution < -0.4 is 10.6 Å². The van der Waals surface area contributed by atoms with Crippen LogP contribution in [0, 0.1) is 0 Å². The summed E-state index contributed by atoms with van der Waals surface area (Å²) >= 11 is 0. The number of nitrogens with zero attached hydrogens (tertiary/aromatic N) is 1. The number of halogens is 2. The number of likely N-dealkylation sites (N-methyl/N-ethyl adjacent to an activating group) is 1. The molecule has 0 aliphatic carbocycles. The van der Waals surface area contributed by atoms with Crippen LogP contribution in [0.3, 0.4) is 0 Å². The fraction of sp³-hybridized carbons (Fsp3) is 0.643. The van der Waals surface area contributed by atoms with E-state index in [2.05, 4.69) is 15.6 Å². The molecule has 1 saturated heterocycles. The lowest BCUT2D eigenvalue weighted by atomic mass is 9.87. The molecule has 1 fully saturated rings. The van der Waals surface area contributed by atoms with E-state index in [-0.39, 0.29) is 23.7 Å². The summed E-state index contributed by atoms with van der Waals surface area (Å²) in [6, 6.07) is 2.84. The van der Waals surface area contributed by atoms with E-state index < -0.39 is 34.3 Å². The van der Waals surface area contributed by atoms with Crippen LogP contribution in [0.2, 0.25) is 0 Å². The van der Waals surface area contributed by atoms with E-state index in [1.54, 1.807) is 7.05 Å². The maximum absolute atomic E-state index is 14.0. The van der Waals surface area contributed by atoms with Gasteiger partial charge in [0.2, 0.25) is 0 Å². The number of hydrogen-bond acceptors (Lipinski definition) is 6. The van der Waals surface area contributed by atoms with Crippen molar-refractivity contribution in [2.24, 2.45) is 0 Å². The van der Waals surface area contributed by atoms with Gasteiger partial charge in [0.05, 0.1) is 23.7 Å². The molecular formula is C14H21F2N3O3S. The van der Waals surface area contributed by atoms with Crippen LogP contribution >= 0.6 is 0 Å². The Balaban J connectivity index is 2.50. The Morgan fingerprint density at radius 1 is 1.43 bits per heavy atom. The first-order chi connectivity index (χ1) is 10.7. The van der Waals surface area contributed by atoms with Crippen LogP contribution in [0.25, 0.3) is 0 Å². The standard InChI is InChI=1S/C14H21F2N3O3S/c1-17-6-7-22-13(8-14(15,16)10-18-9-13)12-11(23(2,20)21)4-3-5-19-12/h3-5,17-18H,6-10H2,1-2H3. The van der Waals surface area contributed by atoms with Crippen LogP contribution in [-0.4, -0.2) is 58.9 Å². The topological polar surface area (TPSA) is 80.3 Å². The number of rotatable bonds is 6. The highest BCUT2D eigenvalue weighted by molar-refractivity contribution is 7.90. The molecule has 1 aromatic heterocycles. The number of pyridine rings is 1. The lowest BCUT2D eigenvalue weighted by Gasteiger charge is -2.41. The molecule has 2 N–H and O–H groups in total. The molecule has 9 heteroatoms. The van der Waals surface area contributed by atoms with Crippen LogP contribution in [0.5, 0.6) is 0 Å². The van der Waals surface area contributed by atoms with Gasteiger partial charge in [0.25, 0.3) is 5.92 Å². The van der Waals surface area contributed by atoms with E-state index in [1.165, 1.54) is 18.3 Å². The summed E-state index contributed by atoms with van der Waals surface area (Å²) in [5, 5.41) is 5.51. The van der Waals surface area contributed by atoms with Crippen molar-refractivity contribution in [1.29, 1.82) is 0 Å². The fourth-order valence-electron chi connectivity index (χ4n) is 2.71. The van der Waals surface area contributed by atoms with Gasteiger partial charge >= 0.3 is 0 Å². The van der Waals surface area contributed by atoms with E-state index in [1.807, 2.05) is 0 Å². The summed E-state index contributed by atoms with van der Waals surface area (Å²) in [4.78, 5) is 4.01. The highest BCUT2D eigenvalue weighted by atomic mass is 32.2. The molecule has 6 nitrogen and oxygen atoms in total. The van der Waals surface area contributed by atoms with Gasteiger partial charge in [0, 0.05) is 32.0 Å². The Labute approximate surface area is 134 Å². The third kappa shape index (κ3) is 4.23. The van der Waals surface area contributed by atoms with Crippen molar-refractivity contribution in [3.63, 3.8) is 0 Å². The molecule has 0 amide bonds.